The van der Waals surface area contributed by atoms with Crippen molar-refractivity contribution in [2.75, 3.05) is 0 Å². The summed E-state index contributed by atoms with van der Waals surface area (Å²) in [5, 5.41) is 6.77. The third kappa shape index (κ3) is 2.64. The third-order valence-corrected chi connectivity index (χ3v) is 2.96. The lowest BCUT2D eigenvalue weighted by atomic mass is 10.1. The summed E-state index contributed by atoms with van der Waals surface area (Å²) < 4.78 is 28.7. The van der Waals surface area contributed by atoms with E-state index in [1.54, 1.807) is 0 Å². The quantitative estimate of drug-likeness (QED) is 0.865. The molecule has 0 saturated carbocycles. The van der Waals surface area contributed by atoms with Gasteiger partial charge >= 0.3 is 0 Å². The van der Waals surface area contributed by atoms with E-state index in [4.69, 9.17) is 12.2 Å². The van der Waals surface area contributed by atoms with Gasteiger partial charge in [-0.05, 0) is 30.3 Å². The van der Waals surface area contributed by atoms with E-state index in [0.29, 0.717) is 22.6 Å². The van der Waals surface area contributed by atoms with Gasteiger partial charge in [0.05, 0.1) is 0 Å². The van der Waals surface area contributed by atoms with Gasteiger partial charge < -0.3 is 4.57 Å². The van der Waals surface area contributed by atoms with E-state index < -0.39 is 11.6 Å². The van der Waals surface area contributed by atoms with Crippen LogP contribution < -0.4 is 0 Å². The molecule has 0 unspecified atom stereocenters. The summed E-state index contributed by atoms with van der Waals surface area (Å²) in [5.74, 6) is -0.483. The van der Waals surface area contributed by atoms with Crippen LogP contribution in [-0.4, -0.2) is 14.8 Å². The van der Waals surface area contributed by atoms with Crippen LogP contribution in [0.1, 0.15) is 24.7 Å². The molecule has 18 heavy (non-hydrogen) atoms. The fraction of sp³-hybridized carbons (Fsp3) is 0.333. The number of aromatic nitrogens is 3. The Bertz CT molecular complexity index is 604. The van der Waals surface area contributed by atoms with Crippen molar-refractivity contribution in [3.8, 4) is 0 Å². The summed E-state index contributed by atoms with van der Waals surface area (Å²) in [6.07, 6.45) is 1.20. The van der Waals surface area contributed by atoms with E-state index in [9.17, 15) is 8.78 Å². The minimum Gasteiger partial charge on any atom is -0.304 e. The van der Waals surface area contributed by atoms with Crippen molar-refractivity contribution in [2.45, 2.75) is 26.3 Å². The van der Waals surface area contributed by atoms with Crippen molar-refractivity contribution < 1.29 is 8.78 Å². The highest BCUT2D eigenvalue weighted by atomic mass is 32.1. The van der Waals surface area contributed by atoms with Gasteiger partial charge in [0.15, 0.2) is 4.77 Å². The second kappa shape index (κ2) is 5.39. The van der Waals surface area contributed by atoms with E-state index in [0.717, 1.165) is 19.0 Å². The van der Waals surface area contributed by atoms with Crippen molar-refractivity contribution in [1.82, 2.24) is 14.8 Å². The molecule has 0 atom stereocenters. The molecule has 0 spiro atoms. The summed E-state index contributed by atoms with van der Waals surface area (Å²) in [4.78, 5) is 0. The highest BCUT2D eigenvalue weighted by molar-refractivity contribution is 7.71. The molecule has 0 aliphatic carbocycles. The topological polar surface area (TPSA) is 33.6 Å². The molecule has 0 saturated heterocycles. The lowest BCUT2D eigenvalue weighted by Crippen LogP contribution is -2.05. The van der Waals surface area contributed by atoms with Crippen LogP contribution >= 0.6 is 12.2 Å². The SMILES string of the molecule is CCCn1c(Cc2ccc(F)cc2F)n[nH]c1=S. The van der Waals surface area contributed by atoms with Gasteiger partial charge in [0.1, 0.15) is 17.5 Å². The van der Waals surface area contributed by atoms with Gasteiger partial charge in [0, 0.05) is 19.0 Å². The van der Waals surface area contributed by atoms with E-state index >= 15 is 0 Å². The number of hydrogen-bond acceptors (Lipinski definition) is 2. The molecule has 96 valence electrons. The molecule has 0 aliphatic rings. The molecule has 1 N–H and O–H groups in total. The summed E-state index contributed by atoms with van der Waals surface area (Å²) in [6.45, 7) is 2.75. The van der Waals surface area contributed by atoms with Crippen LogP contribution in [0.25, 0.3) is 0 Å². The van der Waals surface area contributed by atoms with Crippen molar-refractivity contribution in [3.05, 3.63) is 46.0 Å². The Morgan fingerprint density at radius 2 is 2.17 bits per heavy atom. The van der Waals surface area contributed by atoms with Crippen molar-refractivity contribution in [2.24, 2.45) is 0 Å². The molecular formula is C12H13F2N3S. The lowest BCUT2D eigenvalue weighted by Gasteiger charge is -2.06. The Hall–Kier alpha value is -1.56. The maximum Gasteiger partial charge on any atom is 0.195 e. The maximum atomic E-state index is 13.5. The summed E-state index contributed by atoms with van der Waals surface area (Å²) in [6, 6.07) is 3.54. The smallest absolute Gasteiger partial charge is 0.195 e. The zero-order valence-corrected chi connectivity index (χ0v) is 10.7. The fourth-order valence-corrected chi connectivity index (χ4v) is 2.02. The highest BCUT2D eigenvalue weighted by Crippen LogP contribution is 2.14. The van der Waals surface area contributed by atoms with Crippen LogP contribution in [0, 0.1) is 16.4 Å². The van der Waals surface area contributed by atoms with Crippen LogP contribution in [0.3, 0.4) is 0 Å². The number of aromatic amines is 1. The fourth-order valence-electron chi connectivity index (χ4n) is 1.77. The van der Waals surface area contributed by atoms with Crippen molar-refractivity contribution in [1.29, 1.82) is 0 Å². The van der Waals surface area contributed by atoms with E-state index in [1.165, 1.54) is 12.1 Å². The summed E-state index contributed by atoms with van der Waals surface area (Å²) >= 11 is 5.10. The van der Waals surface area contributed by atoms with E-state index in [2.05, 4.69) is 10.2 Å². The number of hydrogen-bond donors (Lipinski definition) is 1. The second-order valence-electron chi connectivity index (χ2n) is 4.01. The van der Waals surface area contributed by atoms with Gasteiger partial charge in [0.2, 0.25) is 0 Å². The lowest BCUT2D eigenvalue weighted by molar-refractivity contribution is 0.570. The average Bonchev–Trinajstić information content (AvgIpc) is 2.66. The standard InChI is InChI=1S/C12H13F2N3S/c1-2-5-17-11(15-16-12(17)18)6-8-3-4-9(13)7-10(8)14/h3-4,7H,2,5-6H2,1H3,(H,16,18). The number of halogens is 2. The average molecular weight is 269 g/mol. The predicted octanol–water partition coefficient (Wildman–Crippen LogP) is 3.22. The molecule has 0 bridgehead atoms. The first-order valence-electron chi connectivity index (χ1n) is 5.69. The van der Waals surface area contributed by atoms with Gasteiger partial charge in [-0.15, -0.1) is 0 Å². The number of benzene rings is 1. The summed E-state index contributed by atoms with van der Waals surface area (Å²) in [7, 11) is 0. The van der Waals surface area contributed by atoms with Gasteiger partial charge in [-0.25, -0.2) is 8.78 Å². The van der Waals surface area contributed by atoms with Crippen molar-refractivity contribution in [3.63, 3.8) is 0 Å². The Morgan fingerprint density at radius 3 is 2.83 bits per heavy atom. The molecule has 1 heterocycles. The monoisotopic (exact) mass is 269 g/mol. The number of rotatable bonds is 4. The minimum absolute atomic E-state index is 0.291. The first-order valence-corrected chi connectivity index (χ1v) is 6.10. The molecule has 1 aromatic heterocycles. The number of nitrogens with one attached hydrogen (secondary N) is 1. The molecule has 2 aromatic rings. The van der Waals surface area contributed by atoms with Crippen LogP contribution in [0.5, 0.6) is 0 Å². The molecule has 0 aliphatic heterocycles. The van der Waals surface area contributed by atoms with Gasteiger partial charge in [-0.2, -0.15) is 5.10 Å². The maximum absolute atomic E-state index is 13.5. The van der Waals surface area contributed by atoms with Gasteiger partial charge in [0.25, 0.3) is 0 Å². The number of H-pyrrole nitrogens is 1. The zero-order chi connectivity index (χ0) is 13.1. The Kier molecular flexibility index (Phi) is 3.86. The molecule has 0 radical (unpaired) electrons. The van der Waals surface area contributed by atoms with Crippen molar-refractivity contribution >= 4 is 12.2 Å². The van der Waals surface area contributed by atoms with Crippen LogP contribution in [-0.2, 0) is 13.0 Å². The summed E-state index contributed by atoms with van der Waals surface area (Å²) in [5.41, 5.74) is 0.405. The van der Waals surface area contributed by atoms with E-state index in [1.807, 2.05) is 11.5 Å². The molecule has 6 heteroatoms. The van der Waals surface area contributed by atoms with Crippen LogP contribution in [0.15, 0.2) is 18.2 Å². The third-order valence-electron chi connectivity index (χ3n) is 2.65. The zero-order valence-electron chi connectivity index (χ0n) is 9.91. The van der Waals surface area contributed by atoms with Crippen LogP contribution in [0.4, 0.5) is 8.78 Å². The minimum atomic E-state index is -0.580. The van der Waals surface area contributed by atoms with Gasteiger partial charge in [-0.3, -0.25) is 5.10 Å². The Balaban J connectivity index is 2.31. The molecule has 0 fully saturated rings. The normalized spacial score (nSPS) is 10.8. The second-order valence-corrected chi connectivity index (χ2v) is 4.40. The molecular weight excluding hydrogens is 256 g/mol. The molecule has 1 aromatic carbocycles. The molecule has 3 nitrogen and oxygen atoms in total. The predicted molar refractivity (Wildman–Crippen MR) is 66.9 cm³/mol. The van der Waals surface area contributed by atoms with Crippen LogP contribution in [0.2, 0.25) is 0 Å². The largest absolute Gasteiger partial charge is 0.304 e. The Labute approximate surface area is 108 Å². The molecule has 0 amide bonds. The number of nitrogens with zero attached hydrogens (tertiary/aromatic N) is 2. The molecule has 2 rings (SSSR count). The van der Waals surface area contributed by atoms with Gasteiger partial charge in [-0.1, -0.05) is 13.0 Å². The Morgan fingerprint density at radius 1 is 1.39 bits per heavy atom. The highest BCUT2D eigenvalue weighted by Gasteiger charge is 2.10. The first kappa shape index (κ1) is 12.9. The van der Waals surface area contributed by atoms with E-state index in [-0.39, 0.29) is 0 Å². The first-order chi connectivity index (χ1) is 8.61.